The molecule has 128 valence electrons. The van der Waals surface area contributed by atoms with Gasteiger partial charge >= 0.3 is 5.97 Å². The Morgan fingerprint density at radius 1 is 1.19 bits per heavy atom. The highest BCUT2D eigenvalue weighted by molar-refractivity contribution is 6.32. The summed E-state index contributed by atoms with van der Waals surface area (Å²) in [4.78, 5) is 19.1. The van der Waals surface area contributed by atoms with Gasteiger partial charge in [-0.1, -0.05) is 23.7 Å². The average molecular weight is 366 g/mol. The lowest BCUT2D eigenvalue weighted by Gasteiger charge is -2.09. The fourth-order valence-electron chi connectivity index (χ4n) is 2.26. The molecule has 0 aliphatic carbocycles. The Morgan fingerprint density at radius 3 is 2.65 bits per heavy atom. The third-order valence-electron chi connectivity index (χ3n) is 3.58. The molecule has 0 amide bonds. The SMILES string of the molecule is N#Cc1cccc(COc2ccc(-c3nccc(C(=O)O)n3)cc2)c1Cl. The molecule has 0 saturated heterocycles. The van der Waals surface area contributed by atoms with Crippen molar-refractivity contribution < 1.29 is 14.6 Å². The van der Waals surface area contributed by atoms with Crippen molar-refractivity contribution in [1.82, 2.24) is 9.97 Å². The third-order valence-corrected chi connectivity index (χ3v) is 4.03. The molecule has 0 unspecified atom stereocenters. The molecule has 1 heterocycles. The number of halogens is 1. The molecular weight excluding hydrogens is 354 g/mol. The second kappa shape index (κ2) is 7.64. The highest BCUT2D eigenvalue weighted by Gasteiger charge is 2.09. The molecular formula is C19H12ClN3O3. The van der Waals surface area contributed by atoms with E-state index in [0.29, 0.717) is 33.3 Å². The van der Waals surface area contributed by atoms with Crippen LogP contribution in [0.2, 0.25) is 5.02 Å². The Labute approximate surface area is 154 Å². The van der Waals surface area contributed by atoms with E-state index in [9.17, 15) is 4.79 Å². The van der Waals surface area contributed by atoms with Crippen LogP contribution in [0.3, 0.4) is 0 Å². The molecule has 0 fully saturated rings. The molecule has 6 nitrogen and oxygen atoms in total. The predicted octanol–water partition coefficient (Wildman–Crippen LogP) is 3.95. The lowest BCUT2D eigenvalue weighted by atomic mass is 10.1. The minimum absolute atomic E-state index is 0.0673. The predicted molar refractivity (Wildman–Crippen MR) is 94.9 cm³/mol. The van der Waals surface area contributed by atoms with Gasteiger partial charge in [0, 0.05) is 17.3 Å². The van der Waals surface area contributed by atoms with E-state index in [-0.39, 0.29) is 12.3 Å². The maximum atomic E-state index is 11.0. The summed E-state index contributed by atoms with van der Waals surface area (Å²) < 4.78 is 5.70. The summed E-state index contributed by atoms with van der Waals surface area (Å²) in [5.74, 6) is -0.187. The Kier molecular flexibility index (Phi) is 5.11. The van der Waals surface area contributed by atoms with Gasteiger partial charge in [-0.05, 0) is 36.4 Å². The smallest absolute Gasteiger partial charge is 0.354 e. The molecule has 0 spiro atoms. The fraction of sp³-hybridized carbons (Fsp3) is 0.0526. The number of benzene rings is 2. The second-order valence-electron chi connectivity index (χ2n) is 5.27. The van der Waals surface area contributed by atoms with E-state index in [0.717, 1.165) is 0 Å². The quantitative estimate of drug-likeness (QED) is 0.735. The van der Waals surface area contributed by atoms with Crippen LogP contribution in [-0.4, -0.2) is 21.0 Å². The van der Waals surface area contributed by atoms with E-state index in [1.54, 1.807) is 42.5 Å². The molecule has 3 rings (SSSR count). The topological polar surface area (TPSA) is 96.1 Å². The number of ether oxygens (including phenoxy) is 1. The third kappa shape index (κ3) is 3.79. The maximum Gasteiger partial charge on any atom is 0.354 e. The van der Waals surface area contributed by atoms with Crippen molar-refractivity contribution in [3.63, 3.8) is 0 Å². The second-order valence-corrected chi connectivity index (χ2v) is 5.65. The average Bonchev–Trinajstić information content (AvgIpc) is 2.67. The van der Waals surface area contributed by atoms with Crippen LogP contribution in [0.1, 0.15) is 21.6 Å². The summed E-state index contributed by atoms with van der Waals surface area (Å²) in [6.45, 7) is 0.221. The number of aromatic carboxylic acids is 1. The minimum Gasteiger partial charge on any atom is -0.489 e. The molecule has 7 heteroatoms. The Bertz CT molecular complexity index is 998. The summed E-state index contributed by atoms with van der Waals surface area (Å²) in [5, 5.41) is 18.4. The monoisotopic (exact) mass is 365 g/mol. The van der Waals surface area contributed by atoms with E-state index in [1.807, 2.05) is 6.07 Å². The van der Waals surface area contributed by atoms with Gasteiger partial charge in [-0.25, -0.2) is 14.8 Å². The number of aromatic nitrogens is 2. The number of nitrogens with zero attached hydrogens (tertiary/aromatic N) is 3. The van der Waals surface area contributed by atoms with Crippen molar-refractivity contribution in [2.75, 3.05) is 0 Å². The summed E-state index contributed by atoms with van der Waals surface area (Å²) >= 11 is 6.15. The molecule has 0 radical (unpaired) electrons. The Hall–Kier alpha value is -3.43. The zero-order valence-electron chi connectivity index (χ0n) is 13.4. The summed E-state index contributed by atoms with van der Waals surface area (Å²) in [7, 11) is 0. The lowest BCUT2D eigenvalue weighted by molar-refractivity contribution is 0.0690. The Morgan fingerprint density at radius 2 is 1.96 bits per heavy atom. The number of hydrogen-bond acceptors (Lipinski definition) is 5. The van der Waals surface area contributed by atoms with Crippen molar-refractivity contribution in [3.8, 4) is 23.2 Å². The highest BCUT2D eigenvalue weighted by atomic mass is 35.5. The highest BCUT2D eigenvalue weighted by Crippen LogP contribution is 2.24. The number of nitriles is 1. The lowest BCUT2D eigenvalue weighted by Crippen LogP contribution is -2.02. The first-order valence-electron chi connectivity index (χ1n) is 7.55. The fourth-order valence-corrected chi connectivity index (χ4v) is 2.48. The van der Waals surface area contributed by atoms with Crippen molar-refractivity contribution in [1.29, 1.82) is 5.26 Å². The summed E-state index contributed by atoms with van der Waals surface area (Å²) in [6.07, 6.45) is 1.40. The molecule has 2 aromatic carbocycles. The van der Waals surface area contributed by atoms with Crippen LogP contribution in [0.15, 0.2) is 54.7 Å². The van der Waals surface area contributed by atoms with Gasteiger partial charge in [0.2, 0.25) is 0 Å². The first kappa shape index (κ1) is 17.4. The van der Waals surface area contributed by atoms with Crippen molar-refractivity contribution in [2.45, 2.75) is 6.61 Å². The molecule has 3 aromatic rings. The van der Waals surface area contributed by atoms with E-state index < -0.39 is 5.97 Å². The number of carbonyl (C=O) groups is 1. The number of carboxylic acid groups (broad SMARTS) is 1. The van der Waals surface area contributed by atoms with Crippen LogP contribution < -0.4 is 4.74 Å². The van der Waals surface area contributed by atoms with Crippen LogP contribution in [0, 0.1) is 11.3 Å². The van der Waals surface area contributed by atoms with Crippen molar-refractivity contribution in [3.05, 3.63) is 76.6 Å². The van der Waals surface area contributed by atoms with Gasteiger partial charge in [-0.2, -0.15) is 5.26 Å². The van der Waals surface area contributed by atoms with Gasteiger partial charge in [-0.3, -0.25) is 0 Å². The first-order valence-corrected chi connectivity index (χ1v) is 7.93. The minimum atomic E-state index is -1.11. The molecule has 0 saturated carbocycles. The molecule has 26 heavy (non-hydrogen) atoms. The van der Waals surface area contributed by atoms with Crippen LogP contribution in [0.5, 0.6) is 5.75 Å². The van der Waals surface area contributed by atoms with Gasteiger partial charge < -0.3 is 9.84 Å². The normalized spacial score (nSPS) is 10.2. The van der Waals surface area contributed by atoms with E-state index in [4.69, 9.17) is 26.7 Å². The van der Waals surface area contributed by atoms with E-state index in [1.165, 1.54) is 12.3 Å². The molecule has 0 bridgehead atoms. The molecule has 0 aliphatic rings. The van der Waals surface area contributed by atoms with Gasteiger partial charge in [-0.15, -0.1) is 0 Å². The van der Waals surface area contributed by atoms with E-state index in [2.05, 4.69) is 9.97 Å². The van der Waals surface area contributed by atoms with Crippen LogP contribution in [0.25, 0.3) is 11.4 Å². The number of carboxylic acids is 1. The standard InChI is InChI=1S/C19H12ClN3O3/c20-17-13(10-21)2-1-3-14(17)11-26-15-6-4-12(5-7-15)18-22-9-8-16(23-18)19(24)25/h1-9H,11H2,(H,24,25). The molecule has 0 aliphatic heterocycles. The van der Waals surface area contributed by atoms with Crippen LogP contribution in [0.4, 0.5) is 0 Å². The number of hydrogen-bond donors (Lipinski definition) is 1. The maximum absolute atomic E-state index is 11.0. The van der Waals surface area contributed by atoms with Gasteiger partial charge in [0.05, 0.1) is 10.6 Å². The summed E-state index contributed by atoms with van der Waals surface area (Å²) in [5.41, 5.74) is 1.72. The van der Waals surface area contributed by atoms with Crippen molar-refractivity contribution in [2.24, 2.45) is 0 Å². The Balaban J connectivity index is 1.74. The van der Waals surface area contributed by atoms with E-state index >= 15 is 0 Å². The molecule has 1 N–H and O–H groups in total. The molecule has 0 atom stereocenters. The summed E-state index contributed by atoms with van der Waals surface area (Å²) in [6, 6.07) is 15.5. The molecule has 1 aromatic heterocycles. The first-order chi connectivity index (χ1) is 12.6. The van der Waals surface area contributed by atoms with Gasteiger partial charge in [0.25, 0.3) is 0 Å². The van der Waals surface area contributed by atoms with Gasteiger partial charge in [0.15, 0.2) is 11.5 Å². The number of rotatable bonds is 5. The van der Waals surface area contributed by atoms with Crippen LogP contribution >= 0.6 is 11.6 Å². The van der Waals surface area contributed by atoms with Crippen LogP contribution in [-0.2, 0) is 6.61 Å². The zero-order chi connectivity index (χ0) is 18.5. The van der Waals surface area contributed by atoms with Gasteiger partial charge in [0.1, 0.15) is 18.4 Å². The zero-order valence-corrected chi connectivity index (χ0v) is 14.1. The van der Waals surface area contributed by atoms with Crippen molar-refractivity contribution >= 4 is 17.6 Å². The largest absolute Gasteiger partial charge is 0.489 e.